The summed E-state index contributed by atoms with van der Waals surface area (Å²) in [5.74, 6) is -2.28. The molecule has 0 saturated carbocycles. The second kappa shape index (κ2) is 11.0. The van der Waals surface area contributed by atoms with E-state index in [2.05, 4.69) is 0 Å². The second-order valence-electron chi connectivity index (χ2n) is 5.43. The van der Waals surface area contributed by atoms with E-state index in [1.807, 2.05) is 30.3 Å². The number of aliphatic hydroxyl groups is 1. The summed E-state index contributed by atoms with van der Waals surface area (Å²) < 4.78 is 0. The summed E-state index contributed by atoms with van der Waals surface area (Å²) in [6.07, 6.45) is -0.883. The van der Waals surface area contributed by atoms with Crippen molar-refractivity contribution < 1.29 is 30.1 Å². The fourth-order valence-electron chi connectivity index (χ4n) is 2.03. The lowest BCUT2D eigenvalue weighted by atomic mass is 10.0. The number of hydrogen-bond donors (Lipinski definition) is 6. The fourth-order valence-corrected chi connectivity index (χ4v) is 2.03. The van der Waals surface area contributed by atoms with Crippen LogP contribution in [0.15, 0.2) is 60.7 Å². The molecule has 0 aliphatic rings. The van der Waals surface area contributed by atoms with Crippen LogP contribution in [-0.4, -0.2) is 44.5 Å². The predicted octanol–water partition coefficient (Wildman–Crippen LogP) is 0.793. The van der Waals surface area contributed by atoms with Crippen LogP contribution >= 0.6 is 0 Å². The monoisotopic (exact) mass is 362 g/mol. The Bertz CT molecular complexity index is 669. The number of benzene rings is 2. The van der Waals surface area contributed by atoms with E-state index in [-0.39, 0.29) is 6.42 Å². The van der Waals surface area contributed by atoms with Gasteiger partial charge in [0.15, 0.2) is 0 Å². The molecular formula is C18H22N2O6. The first-order chi connectivity index (χ1) is 12.4. The SMILES string of the molecule is N[C@H](C(=O)O)C(O)c1ccccc1.O=C(O)[C@H](Cc1ccccc1)NO. The minimum atomic E-state index is -1.28. The Labute approximate surface area is 150 Å². The summed E-state index contributed by atoms with van der Waals surface area (Å²) >= 11 is 0. The van der Waals surface area contributed by atoms with Crippen LogP contribution in [0.1, 0.15) is 17.2 Å². The zero-order chi connectivity index (χ0) is 19.5. The molecular weight excluding hydrogens is 340 g/mol. The number of aliphatic hydroxyl groups excluding tert-OH is 1. The van der Waals surface area contributed by atoms with Gasteiger partial charge >= 0.3 is 11.9 Å². The summed E-state index contributed by atoms with van der Waals surface area (Å²) in [5, 5.41) is 35.1. The van der Waals surface area contributed by atoms with Crippen molar-refractivity contribution in [2.75, 3.05) is 0 Å². The first-order valence-corrected chi connectivity index (χ1v) is 7.74. The molecule has 2 aromatic rings. The molecule has 0 radical (unpaired) electrons. The molecule has 7 N–H and O–H groups in total. The van der Waals surface area contributed by atoms with Gasteiger partial charge in [-0.15, -0.1) is 0 Å². The lowest BCUT2D eigenvalue weighted by Gasteiger charge is -2.14. The van der Waals surface area contributed by atoms with E-state index in [4.69, 9.17) is 21.2 Å². The van der Waals surface area contributed by atoms with Crippen molar-refractivity contribution in [1.29, 1.82) is 0 Å². The lowest BCUT2D eigenvalue weighted by Crippen LogP contribution is -2.36. The first-order valence-electron chi connectivity index (χ1n) is 7.74. The molecule has 0 bridgehead atoms. The summed E-state index contributed by atoms with van der Waals surface area (Å²) in [6, 6.07) is 15.4. The lowest BCUT2D eigenvalue weighted by molar-refractivity contribution is -0.142. The molecule has 2 rings (SSSR count). The van der Waals surface area contributed by atoms with Gasteiger partial charge in [0.2, 0.25) is 0 Å². The van der Waals surface area contributed by atoms with Crippen LogP contribution in [0.2, 0.25) is 0 Å². The Morgan fingerprint density at radius 3 is 1.85 bits per heavy atom. The van der Waals surface area contributed by atoms with E-state index in [1.54, 1.807) is 35.8 Å². The summed E-state index contributed by atoms with van der Waals surface area (Å²) in [5.41, 5.74) is 8.38. The second-order valence-corrected chi connectivity index (χ2v) is 5.43. The molecule has 0 spiro atoms. The van der Waals surface area contributed by atoms with Gasteiger partial charge in [0.05, 0.1) is 0 Å². The number of nitrogens with one attached hydrogen (secondary N) is 1. The van der Waals surface area contributed by atoms with E-state index >= 15 is 0 Å². The Morgan fingerprint density at radius 1 is 0.923 bits per heavy atom. The number of hydrogen-bond acceptors (Lipinski definition) is 6. The Kier molecular flexibility index (Phi) is 8.96. The standard InChI is InChI=1S/2C9H11NO3/c11-9(12)8(10-13)6-7-4-2-1-3-5-7;10-7(9(12)13)8(11)6-4-2-1-3-5-6/h1-5,8,10,13H,6H2,(H,11,12);1-5,7-8,11H,10H2,(H,12,13)/t8-;7-,8?/m00/s1. The van der Waals surface area contributed by atoms with Crippen molar-refractivity contribution in [2.24, 2.45) is 5.73 Å². The Morgan fingerprint density at radius 2 is 1.42 bits per heavy atom. The highest BCUT2D eigenvalue weighted by Crippen LogP contribution is 2.14. The maximum Gasteiger partial charge on any atom is 0.323 e. The highest BCUT2D eigenvalue weighted by atomic mass is 16.5. The number of hydroxylamine groups is 1. The van der Waals surface area contributed by atoms with Crippen molar-refractivity contribution in [3.05, 3.63) is 71.8 Å². The molecule has 0 aliphatic carbocycles. The third kappa shape index (κ3) is 6.99. The summed E-state index contributed by atoms with van der Waals surface area (Å²) in [7, 11) is 0. The Hall–Kier alpha value is -2.78. The van der Waals surface area contributed by atoms with E-state index < -0.39 is 30.1 Å². The van der Waals surface area contributed by atoms with Crippen molar-refractivity contribution >= 4 is 11.9 Å². The smallest absolute Gasteiger partial charge is 0.323 e. The number of aliphatic carboxylic acids is 2. The van der Waals surface area contributed by atoms with Gasteiger partial charge < -0.3 is 26.3 Å². The van der Waals surface area contributed by atoms with Crippen LogP contribution in [0.4, 0.5) is 0 Å². The quantitative estimate of drug-likeness (QED) is 0.395. The van der Waals surface area contributed by atoms with Gasteiger partial charge in [0, 0.05) is 6.42 Å². The zero-order valence-corrected chi connectivity index (χ0v) is 13.9. The van der Waals surface area contributed by atoms with Gasteiger partial charge in [-0.1, -0.05) is 60.7 Å². The molecule has 1 unspecified atom stereocenters. The normalized spacial score (nSPS) is 13.7. The molecule has 0 aliphatic heterocycles. The molecule has 0 aromatic heterocycles. The van der Waals surface area contributed by atoms with E-state index in [1.165, 1.54) is 0 Å². The molecule has 0 fully saturated rings. The van der Waals surface area contributed by atoms with Crippen molar-refractivity contribution in [2.45, 2.75) is 24.6 Å². The van der Waals surface area contributed by atoms with Crippen molar-refractivity contribution in [1.82, 2.24) is 5.48 Å². The van der Waals surface area contributed by atoms with E-state index in [0.29, 0.717) is 5.56 Å². The molecule has 140 valence electrons. The average Bonchev–Trinajstić information content (AvgIpc) is 2.66. The van der Waals surface area contributed by atoms with Crippen molar-refractivity contribution in [3.8, 4) is 0 Å². The van der Waals surface area contributed by atoms with Crippen LogP contribution in [0.25, 0.3) is 0 Å². The Balaban J connectivity index is 0.000000260. The largest absolute Gasteiger partial charge is 0.480 e. The molecule has 3 atom stereocenters. The maximum absolute atomic E-state index is 10.5. The highest BCUT2D eigenvalue weighted by Gasteiger charge is 2.22. The molecule has 0 heterocycles. The first kappa shape index (κ1) is 21.3. The number of rotatable bonds is 7. The molecule has 26 heavy (non-hydrogen) atoms. The third-order valence-corrected chi connectivity index (χ3v) is 3.50. The zero-order valence-electron chi connectivity index (χ0n) is 13.9. The minimum Gasteiger partial charge on any atom is -0.480 e. The minimum absolute atomic E-state index is 0.271. The van der Waals surface area contributed by atoms with Crippen molar-refractivity contribution in [3.63, 3.8) is 0 Å². The van der Waals surface area contributed by atoms with Crippen LogP contribution in [0.5, 0.6) is 0 Å². The van der Waals surface area contributed by atoms with Gasteiger partial charge in [-0.25, -0.2) is 0 Å². The number of carboxylic acid groups (broad SMARTS) is 2. The van der Waals surface area contributed by atoms with Gasteiger partial charge in [0.25, 0.3) is 0 Å². The van der Waals surface area contributed by atoms with Gasteiger partial charge in [-0.2, -0.15) is 5.48 Å². The molecule has 8 heteroatoms. The topological polar surface area (TPSA) is 153 Å². The summed E-state index contributed by atoms with van der Waals surface area (Å²) in [6.45, 7) is 0. The number of carbonyl (C=O) groups is 2. The molecule has 0 saturated heterocycles. The number of carboxylic acids is 2. The highest BCUT2D eigenvalue weighted by molar-refractivity contribution is 5.74. The summed E-state index contributed by atoms with van der Waals surface area (Å²) in [4.78, 5) is 20.9. The van der Waals surface area contributed by atoms with Gasteiger partial charge in [-0.3, -0.25) is 9.59 Å². The maximum atomic E-state index is 10.5. The third-order valence-electron chi connectivity index (χ3n) is 3.50. The van der Waals surface area contributed by atoms with E-state index in [9.17, 15) is 14.7 Å². The number of nitrogens with two attached hydrogens (primary N) is 1. The van der Waals surface area contributed by atoms with Crippen LogP contribution in [0, 0.1) is 0 Å². The molecule has 2 aromatic carbocycles. The predicted molar refractivity (Wildman–Crippen MR) is 93.5 cm³/mol. The van der Waals surface area contributed by atoms with Crippen LogP contribution in [-0.2, 0) is 16.0 Å². The van der Waals surface area contributed by atoms with E-state index in [0.717, 1.165) is 5.56 Å². The van der Waals surface area contributed by atoms with Crippen LogP contribution < -0.4 is 11.2 Å². The van der Waals surface area contributed by atoms with Gasteiger partial charge in [-0.05, 0) is 11.1 Å². The van der Waals surface area contributed by atoms with Crippen LogP contribution in [0.3, 0.4) is 0 Å². The molecule has 0 amide bonds. The molecule has 8 nitrogen and oxygen atoms in total. The fraction of sp³-hybridized carbons (Fsp3) is 0.222. The average molecular weight is 362 g/mol. The van der Waals surface area contributed by atoms with Gasteiger partial charge in [0.1, 0.15) is 18.2 Å².